The lowest BCUT2D eigenvalue weighted by molar-refractivity contribution is -0.156. The van der Waals surface area contributed by atoms with Crippen LogP contribution in [-0.2, 0) is 17.6 Å². The van der Waals surface area contributed by atoms with Crippen molar-refractivity contribution in [3.63, 3.8) is 0 Å². The predicted octanol–water partition coefficient (Wildman–Crippen LogP) is 1.14. The molecule has 1 atom stereocenters. The summed E-state index contributed by atoms with van der Waals surface area (Å²) in [6.07, 6.45) is 6.41. The third kappa shape index (κ3) is 4.67. The Morgan fingerprint density at radius 1 is 1.28 bits per heavy atom. The maximum absolute atomic E-state index is 12.7. The largest absolute Gasteiger partial charge is 0.379 e. The Morgan fingerprint density at radius 2 is 2.12 bits per heavy atom. The summed E-state index contributed by atoms with van der Waals surface area (Å²) in [5.74, 6) is 0.749. The van der Waals surface area contributed by atoms with Crippen molar-refractivity contribution < 1.29 is 9.90 Å². The van der Waals surface area contributed by atoms with Gasteiger partial charge >= 0.3 is 0 Å². The summed E-state index contributed by atoms with van der Waals surface area (Å²) in [6, 6.07) is 10.1. The molecule has 1 unspecified atom stereocenters. The van der Waals surface area contributed by atoms with Crippen molar-refractivity contribution >= 4 is 5.91 Å². The monoisotopic (exact) mass is 342 g/mol. The summed E-state index contributed by atoms with van der Waals surface area (Å²) < 4.78 is 0. The van der Waals surface area contributed by atoms with E-state index in [0.29, 0.717) is 19.5 Å². The van der Waals surface area contributed by atoms with Crippen LogP contribution in [0.25, 0.3) is 0 Å². The van der Waals surface area contributed by atoms with Crippen LogP contribution in [0, 0.1) is 0 Å². The van der Waals surface area contributed by atoms with Gasteiger partial charge in [0.2, 0.25) is 0 Å². The molecular formula is C19H26N4O2. The Bertz CT molecular complexity index is 659. The molecule has 1 aromatic carbocycles. The fourth-order valence-corrected chi connectivity index (χ4v) is 3.29. The fourth-order valence-electron chi connectivity index (χ4n) is 3.29. The molecule has 0 radical (unpaired) electrons. The van der Waals surface area contributed by atoms with Crippen LogP contribution in [0.2, 0.25) is 0 Å². The van der Waals surface area contributed by atoms with Crippen molar-refractivity contribution in [2.45, 2.75) is 31.3 Å². The first kappa shape index (κ1) is 17.6. The van der Waals surface area contributed by atoms with Crippen LogP contribution in [0.4, 0.5) is 0 Å². The second-order valence-electron chi connectivity index (χ2n) is 6.63. The first-order valence-corrected chi connectivity index (χ1v) is 8.92. The summed E-state index contributed by atoms with van der Waals surface area (Å²) >= 11 is 0. The number of aliphatic hydroxyl groups is 1. The van der Waals surface area contributed by atoms with Gasteiger partial charge in [0.15, 0.2) is 5.60 Å². The number of nitrogens with zero attached hydrogens (tertiary/aromatic N) is 2. The van der Waals surface area contributed by atoms with Crippen molar-refractivity contribution in [1.82, 2.24) is 20.2 Å². The number of carbonyl (C=O) groups excluding carboxylic acids is 1. The zero-order valence-corrected chi connectivity index (χ0v) is 14.4. The number of aromatic nitrogens is 2. The molecule has 0 spiro atoms. The second-order valence-corrected chi connectivity index (χ2v) is 6.63. The van der Waals surface area contributed by atoms with E-state index in [1.807, 2.05) is 18.2 Å². The molecule has 1 aromatic heterocycles. The normalized spacial score (nSPS) is 20.8. The van der Waals surface area contributed by atoms with Gasteiger partial charge in [-0.15, -0.1) is 0 Å². The minimum Gasteiger partial charge on any atom is -0.379 e. The molecule has 3 rings (SSSR count). The highest BCUT2D eigenvalue weighted by Crippen LogP contribution is 2.22. The lowest BCUT2D eigenvalue weighted by Crippen LogP contribution is -2.58. The number of imidazole rings is 1. The first-order valence-electron chi connectivity index (χ1n) is 8.92. The number of aromatic amines is 1. The van der Waals surface area contributed by atoms with Crippen LogP contribution >= 0.6 is 0 Å². The molecular weight excluding hydrogens is 316 g/mol. The van der Waals surface area contributed by atoms with Gasteiger partial charge in [0.1, 0.15) is 5.82 Å². The van der Waals surface area contributed by atoms with Crippen molar-refractivity contribution in [1.29, 1.82) is 0 Å². The zero-order valence-electron chi connectivity index (χ0n) is 14.4. The average molecular weight is 342 g/mol. The standard InChI is InChI=1S/C19H26N4O2/c24-18-19(25,15-20-10-7-17-21-11-12-22-17)9-4-13-23(18)14-8-16-5-2-1-3-6-16/h1-3,5-6,11-12,20,25H,4,7-10,13-15H2,(H,21,22). The molecule has 2 heterocycles. The topological polar surface area (TPSA) is 81.2 Å². The second kappa shape index (κ2) is 8.27. The SMILES string of the molecule is O=C1N(CCc2ccccc2)CCCC1(O)CNCCc1ncc[nH]1. The maximum atomic E-state index is 12.7. The van der Waals surface area contributed by atoms with Gasteiger partial charge in [0.25, 0.3) is 5.91 Å². The van der Waals surface area contributed by atoms with Gasteiger partial charge in [-0.05, 0) is 24.8 Å². The number of amides is 1. The van der Waals surface area contributed by atoms with Crippen molar-refractivity contribution in [3.05, 3.63) is 54.1 Å². The number of rotatable bonds is 8. The number of benzene rings is 1. The van der Waals surface area contributed by atoms with Crippen LogP contribution in [-0.4, -0.2) is 57.7 Å². The van der Waals surface area contributed by atoms with Crippen LogP contribution in [0.15, 0.2) is 42.7 Å². The Morgan fingerprint density at radius 3 is 2.88 bits per heavy atom. The third-order valence-corrected chi connectivity index (χ3v) is 4.73. The molecule has 0 bridgehead atoms. The van der Waals surface area contributed by atoms with Crippen LogP contribution in [0.1, 0.15) is 24.2 Å². The number of likely N-dealkylation sites (tertiary alicyclic amines) is 1. The summed E-state index contributed by atoms with van der Waals surface area (Å²) in [6.45, 7) is 2.33. The van der Waals surface area contributed by atoms with Crippen molar-refractivity contribution in [2.24, 2.45) is 0 Å². The summed E-state index contributed by atoms with van der Waals surface area (Å²) in [5, 5.41) is 14.0. The molecule has 1 aliphatic heterocycles. The zero-order chi connectivity index (χ0) is 17.5. The highest BCUT2D eigenvalue weighted by molar-refractivity contribution is 5.86. The Balaban J connectivity index is 1.47. The number of H-pyrrole nitrogens is 1. The fraction of sp³-hybridized carbons (Fsp3) is 0.474. The lowest BCUT2D eigenvalue weighted by Gasteiger charge is -2.38. The molecule has 25 heavy (non-hydrogen) atoms. The number of carbonyl (C=O) groups is 1. The molecule has 1 amide bonds. The number of piperidine rings is 1. The van der Waals surface area contributed by atoms with E-state index in [-0.39, 0.29) is 12.5 Å². The first-order chi connectivity index (χ1) is 12.2. The van der Waals surface area contributed by atoms with Gasteiger partial charge in [0, 0.05) is 45.0 Å². The Hall–Kier alpha value is -2.18. The predicted molar refractivity (Wildman–Crippen MR) is 96.1 cm³/mol. The van der Waals surface area contributed by atoms with E-state index in [0.717, 1.165) is 31.6 Å². The van der Waals surface area contributed by atoms with Crippen molar-refractivity contribution in [2.75, 3.05) is 26.2 Å². The molecule has 0 aliphatic carbocycles. The minimum absolute atomic E-state index is 0.153. The van der Waals surface area contributed by atoms with Gasteiger partial charge in [0.05, 0.1) is 0 Å². The van der Waals surface area contributed by atoms with Gasteiger partial charge < -0.3 is 20.3 Å². The summed E-state index contributed by atoms with van der Waals surface area (Å²) in [5.41, 5.74) is -0.0843. The van der Waals surface area contributed by atoms with Crippen LogP contribution in [0.3, 0.4) is 0 Å². The molecule has 2 aromatic rings. The molecule has 1 aliphatic rings. The molecule has 1 fully saturated rings. The third-order valence-electron chi connectivity index (χ3n) is 4.73. The van der Waals surface area contributed by atoms with Crippen LogP contribution in [0.5, 0.6) is 0 Å². The number of hydrogen-bond donors (Lipinski definition) is 3. The Labute approximate surface area is 148 Å². The summed E-state index contributed by atoms with van der Waals surface area (Å²) in [4.78, 5) is 21.7. The molecule has 3 N–H and O–H groups in total. The van der Waals surface area contributed by atoms with Gasteiger partial charge in [-0.25, -0.2) is 4.98 Å². The Kier molecular flexibility index (Phi) is 5.83. The number of nitrogens with one attached hydrogen (secondary N) is 2. The van der Waals surface area contributed by atoms with E-state index in [2.05, 4.69) is 27.4 Å². The van der Waals surface area contributed by atoms with Gasteiger partial charge in [-0.2, -0.15) is 0 Å². The van der Waals surface area contributed by atoms with E-state index >= 15 is 0 Å². The van der Waals surface area contributed by atoms with E-state index in [4.69, 9.17) is 0 Å². The smallest absolute Gasteiger partial charge is 0.255 e. The molecule has 134 valence electrons. The quantitative estimate of drug-likeness (QED) is 0.629. The van der Waals surface area contributed by atoms with E-state index < -0.39 is 5.60 Å². The van der Waals surface area contributed by atoms with Gasteiger partial charge in [-0.3, -0.25) is 4.79 Å². The molecule has 1 saturated heterocycles. The minimum atomic E-state index is -1.29. The highest BCUT2D eigenvalue weighted by Gasteiger charge is 2.41. The van der Waals surface area contributed by atoms with Gasteiger partial charge in [-0.1, -0.05) is 30.3 Å². The average Bonchev–Trinajstić information content (AvgIpc) is 3.15. The van der Waals surface area contributed by atoms with E-state index in [1.54, 1.807) is 17.3 Å². The van der Waals surface area contributed by atoms with Crippen molar-refractivity contribution in [3.8, 4) is 0 Å². The molecule has 6 heteroatoms. The maximum Gasteiger partial charge on any atom is 0.255 e. The summed E-state index contributed by atoms with van der Waals surface area (Å²) in [7, 11) is 0. The van der Waals surface area contributed by atoms with E-state index in [9.17, 15) is 9.90 Å². The highest BCUT2D eigenvalue weighted by atomic mass is 16.3. The van der Waals surface area contributed by atoms with Crippen LogP contribution < -0.4 is 5.32 Å². The lowest BCUT2D eigenvalue weighted by atomic mass is 9.91. The van der Waals surface area contributed by atoms with E-state index in [1.165, 1.54) is 5.56 Å². The molecule has 6 nitrogen and oxygen atoms in total. The number of hydrogen-bond acceptors (Lipinski definition) is 4. The molecule has 0 saturated carbocycles.